The van der Waals surface area contributed by atoms with Crippen LogP contribution in [0.4, 0.5) is 5.82 Å². The second-order valence-electron chi connectivity index (χ2n) is 4.99. The summed E-state index contributed by atoms with van der Waals surface area (Å²) in [5.74, 6) is -0.226. The van der Waals surface area contributed by atoms with Crippen molar-refractivity contribution in [2.45, 2.75) is 13.0 Å². The van der Waals surface area contributed by atoms with Crippen LogP contribution < -0.4 is 15.4 Å². The number of carbonyl (C=O) groups excluding carboxylic acids is 2. The van der Waals surface area contributed by atoms with E-state index in [1.54, 1.807) is 20.1 Å². The number of nitrogens with zero attached hydrogens (tertiary/aromatic N) is 1. The van der Waals surface area contributed by atoms with Crippen LogP contribution in [-0.2, 0) is 14.3 Å². The molecule has 0 radical (unpaired) electrons. The third-order valence-corrected chi connectivity index (χ3v) is 3.27. The molecule has 0 spiro atoms. The maximum atomic E-state index is 11.9. The number of nitrogens with one attached hydrogen (secondary N) is 2. The van der Waals surface area contributed by atoms with E-state index < -0.39 is 17.9 Å². The van der Waals surface area contributed by atoms with Gasteiger partial charge < -0.3 is 19.3 Å². The summed E-state index contributed by atoms with van der Waals surface area (Å²) in [7, 11) is 3.09. The summed E-state index contributed by atoms with van der Waals surface area (Å²) >= 11 is 0. The molecule has 2 N–H and O–H groups in total. The average molecular weight is 333 g/mol. The molecule has 0 aliphatic rings. The highest BCUT2D eigenvalue weighted by molar-refractivity contribution is 6.39. The lowest BCUT2D eigenvalue weighted by Gasteiger charge is -2.17. The maximum Gasteiger partial charge on any atom is 0.314 e. The van der Waals surface area contributed by atoms with Crippen LogP contribution in [-0.4, -0.2) is 37.7 Å². The lowest BCUT2D eigenvalue weighted by molar-refractivity contribution is -0.136. The lowest BCUT2D eigenvalue weighted by atomic mass is 10.1. The van der Waals surface area contributed by atoms with Gasteiger partial charge in [-0.3, -0.25) is 14.9 Å². The van der Waals surface area contributed by atoms with Gasteiger partial charge in [0, 0.05) is 19.7 Å². The fourth-order valence-corrected chi connectivity index (χ4v) is 2.04. The number of benzene rings is 1. The number of carbonyl (C=O) groups is 2. The van der Waals surface area contributed by atoms with Crippen molar-refractivity contribution in [1.29, 1.82) is 0 Å². The fraction of sp³-hybridized carbons (Fsp3) is 0.312. The number of ether oxygens (including phenoxy) is 2. The molecule has 24 heavy (non-hydrogen) atoms. The number of amides is 2. The highest BCUT2D eigenvalue weighted by atomic mass is 16.5. The van der Waals surface area contributed by atoms with Gasteiger partial charge in [0.1, 0.15) is 11.5 Å². The number of aromatic nitrogens is 1. The van der Waals surface area contributed by atoms with Gasteiger partial charge in [0.05, 0.1) is 13.2 Å². The van der Waals surface area contributed by atoms with E-state index >= 15 is 0 Å². The second kappa shape index (κ2) is 8.11. The SMILES string of the molecule is COc1cccc(C(CNC(=O)C(=O)Nc2cc(C)on2)OC)c1. The van der Waals surface area contributed by atoms with Gasteiger partial charge in [0.15, 0.2) is 5.82 Å². The average Bonchev–Trinajstić information content (AvgIpc) is 3.00. The molecule has 2 amide bonds. The highest BCUT2D eigenvalue weighted by Gasteiger charge is 2.18. The summed E-state index contributed by atoms with van der Waals surface area (Å²) < 4.78 is 15.3. The molecule has 1 heterocycles. The van der Waals surface area contributed by atoms with Crippen molar-refractivity contribution < 1.29 is 23.6 Å². The van der Waals surface area contributed by atoms with Crippen LogP contribution in [0.25, 0.3) is 0 Å². The van der Waals surface area contributed by atoms with Gasteiger partial charge in [-0.1, -0.05) is 17.3 Å². The first-order chi connectivity index (χ1) is 11.5. The van der Waals surface area contributed by atoms with Gasteiger partial charge in [0.25, 0.3) is 0 Å². The summed E-state index contributed by atoms with van der Waals surface area (Å²) in [6, 6.07) is 8.79. The smallest absolute Gasteiger partial charge is 0.314 e. The first-order valence-corrected chi connectivity index (χ1v) is 7.22. The van der Waals surface area contributed by atoms with Crippen LogP contribution in [0, 0.1) is 6.92 Å². The predicted molar refractivity (Wildman–Crippen MR) is 85.6 cm³/mol. The molecule has 0 saturated carbocycles. The van der Waals surface area contributed by atoms with Crippen molar-refractivity contribution in [3.63, 3.8) is 0 Å². The number of methoxy groups -OCH3 is 2. The number of aryl methyl sites for hydroxylation is 1. The Balaban J connectivity index is 1.91. The number of hydrogen-bond donors (Lipinski definition) is 2. The predicted octanol–water partition coefficient (Wildman–Crippen LogP) is 1.43. The van der Waals surface area contributed by atoms with Crippen LogP contribution in [0.5, 0.6) is 5.75 Å². The van der Waals surface area contributed by atoms with Crippen molar-refractivity contribution in [3.8, 4) is 5.75 Å². The monoisotopic (exact) mass is 333 g/mol. The van der Waals surface area contributed by atoms with Gasteiger partial charge in [-0.15, -0.1) is 0 Å². The van der Waals surface area contributed by atoms with E-state index in [2.05, 4.69) is 15.8 Å². The molecule has 8 heteroatoms. The van der Waals surface area contributed by atoms with Crippen molar-refractivity contribution in [3.05, 3.63) is 41.7 Å². The Kier molecular flexibility index (Phi) is 5.91. The Hall–Kier alpha value is -2.87. The third kappa shape index (κ3) is 4.56. The molecule has 2 rings (SSSR count). The third-order valence-electron chi connectivity index (χ3n) is 3.27. The van der Waals surface area contributed by atoms with Crippen molar-refractivity contribution >= 4 is 17.6 Å². The molecule has 1 atom stereocenters. The van der Waals surface area contributed by atoms with E-state index in [-0.39, 0.29) is 12.4 Å². The summed E-state index contributed by atoms with van der Waals surface area (Å²) in [5.41, 5.74) is 0.824. The normalized spacial score (nSPS) is 11.6. The van der Waals surface area contributed by atoms with Crippen molar-refractivity contribution in [2.24, 2.45) is 0 Å². The van der Waals surface area contributed by atoms with E-state index in [4.69, 9.17) is 14.0 Å². The van der Waals surface area contributed by atoms with Crippen molar-refractivity contribution in [2.75, 3.05) is 26.1 Å². The van der Waals surface area contributed by atoms with Gasteiger partial charge in [-0.05, 0) is 24.6 Å². The topological polar surface area (TPSA) is 103 Å². The van der Waals surface area contributed by atoms with Crippen LogP contribution in [0.2, 0.25) is 0 Å². The molecule has 8 nitrogen and oxygen atoms in total. The van der Waals surface area contributed by atoms with Gasteiger partial charge in [-0.25, -0.2) is 0 Å². The second-order valence-corrected chi connectivity index (χ2v) is 4.99. The van der Waals surface area contributed by atoms with E-state index in [1.165, 1.54) is 13.2 Å². The van der Waals surface area contributed by atoms with E-state index in [1.807, 2.05) is 18.2 Å². The van der Waals surface area contributed by atoms with E-state index in [0.717, 1.165) is 5.56 Å². The molecule has 2 aromatic rings. The zero-order chi connectivity index (χ0) is 17.5. The minimum atomic E-state index is -0.830. The maximum absolute atomic E-state index is 11.9. The molecule has 128 valence electrons. The zero-order valence-corrected chi connectivity index (χ0v) is 13.7. The van der Waals surface area contributed by atoms with Crippen LogP contribution in [0.3, 0.4) is 0 Å². The zero-order valence-electron chi connectivity index (χ0n) is 13.7. The van der Waals surface area contributed by atoms with Crippen LogP contribution in [0.15, 0.2) is 34.9 Å². The summed E-state index contributed by atoms with van der Waals surface area (Å²) in [4.78, 5) is 23.7. The van der Waals surface area contributed by atoms with E-state index in [0.29, 0.717) is 11.5 Å². The Bertz CT molecular complexity index is 713. The summed E-state index contributed by atoms with van der Waals surface area (Å²) in [5, 5.41) is 8.46. The van der Waals surface area contributed by atoms with E-state index in [9.17, 15) is 9.59 Å². The standard InChI is InChI=1S/C16H19N3O5/c1-10-7-14(19-24-10)18-16(21)15(20)17-9-13(23-3)11-5-4-6-12(8-11)22-2/h4-8,13H,9H2,1-3H3,(H,17,20)(H,18,19,21). The first kappa shape index (κ1) is 17.5. The molecule has 0 fully saturated rings. The molecule has 1 unspecified atom stereocenters. The van der Waals surface area contributed by atoms with Gasteiger partial charge in [0.2, 0.25) is 0 Å². The first-order valence-electron chi connectivity index (χ1n) is 7.22. The number of hydrogen-bond acceptors (Lipinski definition) is 6. The Morgan fingerprint density at radius 3 is 2.67 bits per heavy atom. The minimum absolute atomic E-state index is 0.133. The summed E-state index contributed by atoms with van der Waals surface area (Å²) in [6.45, 7) is 1.81. The Morgan fingerprint density at radius 1 is 1.25 bits per heavy atom. The van der Waals surface area contributed by atoms with Gasteiger partial charge >= 0.3 is 11.8 Å². The molecule has 0 saturated heterocycles. The largest absolute Gasteiger partial charge is 0.497 e. The Morgan fingerprint density at radius 2 is 2.04 bits per heavy atom. The fourth-order valence-electron chi connectivity index (χ4n) is 2.04. The molecule has 1 aromatic carbocycles. The molecule has 0 aliphatic heterocycles. The number of rotatable bonds is 6. The molecule has 0 aliphatic carbocycles. The molecular formula is C16H19N3O5. The van der Waals surface area contributed by atoms with Crippen molar-refractivity contribution in [1.82, 2.24) is 10.5 Å². The molecule has 0 bridgehead atoms. The molecule has 1 aromatic heterocycles. The van der Waals surface area contributed by atoms with Crippen LogP contribution in [0.1, 0.15) is 17.4 Å². The lowest BCUT2D eigenvalue weighted by Crippen LogP contribution is -2.38. The number of anilines is 1. The van der Waals surface area contributed by atoms with Gasteiger partial charge in [-0.2, -0.15) is 0 Å². The summed E-state index contributed by atoms with van der Waals surface area (Å²) in [6.07, 6.45) is -0.411. The Labute approximate surface area is 139 Å². The quantitative estimate of drug-likeness (QED) is 0.775. The molecular weight excluding hydrogens is 314 g/mol. The van der Waals surface area contributed by atoms with Crippen LogP contribution >= 0.6 is 0 Å². The minimum Gasteiger partial charge on any atom is -0.497 e. The highest BCUT2D eigenvalue weighted by Crippen LogP contribution is 2.20.